The predicted octanol–water partition coefficient (Wildman–Crippen LogP) is 2.15. The van der Waals surface area contributed by atoms with Crippen molar-refractivity contribution in [3.63, 3.8) is 0 Å². The lowest BCUT2D eigenvalue weighted by atomic mass is 10.1. The van der Waals surface area contributed by atoms with Gasteiger partial charge in [0.2, 0.25) is 5.91 Å². The summed E-state index contributed by atoms with van der Waals surface area (Å²) in [5.74, 6) is 0.634. The second-order valence-corrected chi connectivity index (χ2v) is 6.68. The van der Waals surface area contributed by atoms with Crippen LogP contribution in [0.4, 0.5) is 10.5 Å². The third-order valence-corrected chi connectivity index (χ3v) is 4.90. The number of carbonyl (C=O) groups excluding carboxylic acids is 1. The number of aromatic amines is 1. The number of H-pyrrole nitrogens is 1. The number of hydrogen-bond donors (Lipinski definition) is 3. The van der Waals surface area contributed by atoms with Crippen molar-refractivity contribution >= 4 is 28.7 Å². The monoisotopic (exact) mass is 379 g/mol. The summed E-state index contributed by atoms with van der Waals surface area (Å²) in [4.78, 5) is 34.5. The Morgan fingerprint density at radius 1 is 1.07 bits per heavy atom. The Hall–Kier alpha value is -3.55. The van der Waals surface area contributed by atoms with Gasteiger partial charge in [0, 0.05) is 37.4 Å². The van der Waals surface area contributed by atoms with Gasteiger partial charge in [-0.3, -0.25) is 4.79 Å². The van der Waals surface area contributed by atoms with E-state index in [1.54, 1.807) is 4.90 Å². The Bertz CT molecular complexity index is 975. The molecule has 28 heavy (non-hydrogen) atoms. The van der Waals surface area contributed by atoms with E-state index >= 15 is 0 Å². The van der Waals surface area contributed by atoms with Crippen LogP contribution in [-0.2, 0) is 4.79 Å². The minimum Gasteiger partial charge on any atom is -0.465 e. The number of nitrogens with zero attached hydrogens (tertiary/aromatic N) is 3. The van der Waals surface area contributed by atoms with Crippen LogP contribution in [0, 0.1) is 0 Å². The summed E-state index contributed by atoms with van der Waals surface area (Å²) in [5, 5.41) is 10.7. The van der Waals surface area contributed by atoms with E-state index in [0.717, 1.165) is 28.1 Å². The molecule has 0 saturated carbocycles. The quantitative estimate of drug-likeness (QED) is 0.645. The average Bonchev–Trinajstić information content (AvgIpc) is 3.16. The van der Waals surface area contributed by atoms with E-state index in [9.17, 15) is 9.59 Å². The Morgan fingerprint density at radius 3 is 2.61 bits per heavy atom. The molecule has 2 aromatic carbocycles. The smallest absolute Gasteiger partial charge is 0.405 e. The lowest BCUT2D eigenvalue weighted by Crippen LogP contribution is -2.51. The van der Waals surface area contributed by atoms with E-state index in [1.807, 2.05) is 36.4 Å². The number of amides is 2. The molecule has 4 rings (SSSR count). The van der Waals surface area contributed by atoms with Crippen LogP contribution in [0.5, 0.6) is 0 Å². The van der Waals surface area contributed by atoms with Crippen molar-refractivity contribution in [2.24, 2.45) is 0 Å². The van der Waals surface area contributed by atoms with Crippen LogP contribution in [0.15, 0.2) is 48.5 Å². The number of aromatic nitrogens is 2. The number of carboxylic acid groups (broad SMARTS) is 1. The SMILES string of the molecule is O=C(O)NCC(=O)N1CCN(c2cccc(-c3nc4ccccc4[nH]3)c2)CC1. The number of rotatable bonds is 4. The first-order chi connectivity index (χ1) is 13.6. The van der Waals surface area contributed by atoms with E-state index in [4.69, 9.17) is 5.11 Å². The zero-order valence-electron chi connectivity index (χ0n) is 15.3. The number of fused-ring (bicyclic) bond motifs is 1. The molecule has 3 N–H and O–H groups in total. The first-order valence-corrected chi connectivity index (χ1v) is 9.15. The van der Waals surface area contributed by atoms with Crippen LogP contribution in [0.25, 0.3) is 22.4 Å². The molecule has 1 aliphatic heterocycles. The van der Waals surface area contributed by atoms with Gasteiger partial charge in [0.15, 0.2) is 0 Å². The first kappa shape index (κ1) is 17.8. The lowest BCUT2D eigenvalue weighted by Gasteiger charge is -2.36. The first-order valence-electron chi connectivity index (χ1n) is 9.15. The number of carbonyl (C=O) groups is 2. The molecule has 0 spiro atoms. The minimum absolute atomic E-state index is 0.184. The van der Waals surface area contributed by atoms with Gasteiger partial charge in [0.05, 0.1) is 11.0 Å². The summed E-state index contributed by atoms with van der Waals surface area (Å²) >= 11 is 0. The number of benzene rings is 2. The van der Waals surface area contributed by atoms with E-state index in [2.05, 4.69) is 32.3 Å². The highest BCUT2D eigenvalue weighted by Crippen LogP contribution is 2.25. The number of imidazole rings is 1. The fourth-order valence-electron chi connectivity index (χ4n) is 3.42. The third-order valence-electron chi connectivity index (χ3n) is 4.90. The maximum absolute atomic E-state index is 12.0. The van der Waals surface area contributed by atoms with Crippen molar-refractivity contribution in [3.05, 3.63) is 48.5 Å². The van der Waals surface area contributed by atoms with Gasteiger partial charge < -0.3 is 25.2 Å². The summed E-state index contributed by atoms with van der Waals surface area (Å²) in [7, 11) is 0. The fourth-order valence-corrected chi connectivity index (χ4v) is 3.42. The van der Waals surface area contributed by atoms with Gasteiger partial charge in [0.25, 0.3) is 0 Å². The van der Waals surface area contributed by atoms with Gasteiger partial charge in [-0.1, -0.05) is 24.3 Å². The molecule has 0 radical (unpaired) electrons. The number of nitrogens with one attached hydrogen (secondary N) is 2. The fraction of sp³-hybridized carbons (Fsp3) is 0.250. The van der Waals surface area contributed by atoms with Crippen molar-refractivity contribution < 1.29 is 14.7 Å². The Morgan fingerprint density at radius 2 is 1.86 bits per heavy atom. The number of anilines is 1. The van der Waals surface area contributed by atoms with Gasteiger partial charge in [0.1, 0.15) is 12.4 Å². The summed E-state index contributed by atoms with van der Waals surface area (Å²) in [6.45, 7) is 2.34. The van der Waals surface area contributed by atoms with Crippen LogP contribution < -0.4 is 10.2 Å². The van der Waals surface area contributed by atoms with Crippen LogP contribution >= 0.6 is 0 Å². The Balaban J connectivity index is 1.44. The summed E-state index contributed by atoms with van der Waals surface area (Å²) in [6, 6.07) is 16.1. The molecule has 3 aromatic rings. The highest BCUT2D eigenvalue weighted by Gasteiger charge is 2.21. The minimum atomic E-state index is -1.19. The largest absolute Gasteiger partial charge is 0.465 e. The molecule has 1 aliphatic rings. The standard InChI is InChI=1S/C20H21N5O3/c26-18(13-21-20(27)28)25-10-8-24(9-11-25)15-5-3-4-14(12-15)19-22-16-6-1-2-7-17(16)23-19/h1-7,12,21H,8-11,13H2,(H,22,23)(H,27,28). The van der Waals surface area contributed by atoms with Crippen LogP contribution in [-0.4, -0.2) is 64.7 Å². The molecule has 8 heteroatoms. The zero-order chi connectivity index (χ0) is 19.5. The molecule has 1 saturated heterocycles. The van der Waals surface area contributed by atoms with Crippen molar-refractivity contribution in [2.45, 2.75) is 0 Å². The molecule has 2 amide bonds. The van der Waals surface area contributed by atoms with E-state index < -0.39 is 6.09 Å². The molecule has 144 valence electrons. The van der Waals surface area contributed by atoms with Crippen molar-refractivity contribution in [1.29, 1.82) is 0 Å². The maximum Gasteiger partial charge on any atom is 0.405 e. The molecule has 0 atom stereocenters. The van der Waals surface area contributed by atoms with Gasteiger partial charge in [-0.05, 0) is 24.3 Å². The Kier molecular flexibility index (Phi) is 4.84. The van der Waals surface area contributed by atoms with E-state index in [0.29, 0.717) is 26.2 Å². The molecule has 8 nitrogen and oxygen atoms in total. The highest BCUT2D eigenvalue weighted by molar-refractivity contribution is 5.82. The number of piperazine rings is 1. The van der Waals surface area contributed by atoms with Crippen molar-refractivity contribution in [3.8, 4) is 11.4 Å². The third kappa shape index (κ3) is 3.75. The van der Waals surface area contributed by atoms with Crippen LogP contribution in [0.1, 0.15) is 0 Å². The van der Waals surface area contributed by atoms with Gasteiger partial charge >= 0.3 is 6.09 Å². The highest BCUT2D eigenvalue weighted by atomic mass is 16.4. The van der Waals surface area contributed by atoms with E-state index in [1.165, 1.54) is 0 Å². The van der Waals surface area contributed by atoms with Crippen molar-refractivity contribution in [2.75, 3.05) is 37.6 Å². The molecule has 0 aliphatic carbocycles. The second kappa shape index (κ2) is 7.59. The molecule has 2 heterocycles. The van der Waals surface area contributed by atoms with Crippen molar-refractivity contribution in [1.82, 2.24) is 20.2 Å². The van der Waals surface area contributed by atoms with Crippen LogP contribution in [0.2, 0.25) is 0 Å². The topological polar surface area (TPSA) is 102 Å². The zero-order valence-corrected chi connectivity index (χ0v) is 15.3. The molecular weight excluding hydrogens is 358 g/mol. The summed E-state index contributed by atoms with van der Waals surface area (Å²) in [5.41, 5.74) is 4.03. The molecule has 1 aromatic heterocycles. The van der Waals surface area contributed by atoms with Gasteiger partial charge in [-0.25, -0.2) is 9.78 Å². The lowest BCUT2D eigenvalue weighted by molar-refractivity contribution is -0.130. The maximum atomic E-state index is 12.0. The van der Waals surface area contributed by atoms with Gasteiger partial charge in [-0.15, -0.1) is 0 Å². The Labute approximate surface area is 161 Å². The molecule has 0 unspecified atom stereocenters. The average molecular weight is 379 g/mol. The molecule has 0 bridgehead atoms. The van der Waals surface area contributed by atoms with E-state index in [-0.39, 0.29) is 12.5 Å². The normalized spacial score (nSPS) is 14.3. The predicted molar refractivity (Wildman–Crippen MR) is 106 cm³/mol. The summed E-state index contributed by atoms with van der Waals surface area (Å²) in [6.07, 6.45) is -1.19. The van der Waals surface area contributed by atoms with Gasteiger partial charge in [-0.2, -0.15) is 0 Å². The number of hydrogen-bond acceptors (Lipinski definition) is 4. The second-order valence-electron chi connectivity index (χ2n) is 6.68. The molecular formula is C20H21N5O3. The molecule has 1 fully saturated rings. The summed E-state index contributed by atoms with van der Waals surface area (Å²) < 4.78 is 0. The number of para-hydroxylation sites is 2. The van der Waals surface area contributed by atoms with Crippen LogP contribution in [0.3, 0.4) is 0 Å².